The molecule has 0 aromatic heterocycles. The van der Waals surface area contributed by atoms with E-state index in [9.17, 15) is 9.59 Å². The highest BCUT2D eigenvalue weighted by molar-refractivity contribution is 5.91. The number of rotatable bonds is 8. The second-order valence-electron chi connectivity index (χ2n) is 4.71. The lowest BCUT2D eigenvalue weighted by atomic mass is 10.2. The summed E-state index contributed by atoms with van der Waals surface area (Å²) in [6, 6.07) is 5.06. The molecule has 1 aromatic carbocycles. The van der Waals surface area contributed by atoms with E-state index >= 15 is 0 Å². The smallest absolute Gasteiger partial charge is 0.224 e. The minimum atomic E-state index is -0.136. The Kier molecular flexibility index (Phi) is 7.08. The maximum atomic E-state index is 11.8. The molecule has 0 fully saturated rings. The van der Waals surface area contributed by atoms with Crippen LogP contribution >= 0.6 is 0 Å². The van der Waals surface area contributed by atoms with Crippen LogP contribution < -0.4 is 21.1 Å². The van der Waals surface area contributed by atoms with Gasteiger partial charge in [0.1, 0.15) is 5.75 Å². The van der Waals surface area contributed by atoms with Crippen LogP contribution in [0.5, 0.6) is 5.75 Å². The number of ether oxygens (including phenoxy) is 1. The summed E-state index contributed by atoms with van der Waals surface area (Å²) >= 11 is 0. The van der Waals surface area contributed by atoms with Crippen LogP contribution in [0.25, 0.3) is 0 Å². The number of nitrogen functional groups attached to an aromatic ring is 1. The molecule has 0 bridgehead atoms. The summed E-state index contributed by atoms with van der Waals surface area (Å²) in [6.07, 6.45) is 2.09. The van der Waals surface area contributed by atoms with Crippen LogP contribution in [0.3, 0.4) is 0 Å². The summed E-state index contributed by atoms with van der Waals surface area (Å²) in [5, 5.41) is 5.52. The molecule has 1 rings (SSSR count). The summed E-state index contributed by atoms with van der Waals surface area (Å²) < 4.78 is 5.05. The maximum absolute atomic E-state index is 11.8. The second kappa shape index (κ2) is 8.84. The molecule has 116 valence electrons. The molecule has 0 aliphatic heterocycles. The van der Waals surface area contributed by atoms with Crippen LogP contribution in [0.1, 0.15) is 32.6 Å². The number of carbonyl (C=O) groups is 2. The van der Waals surface area contributed by atoms with E-state index in [-0.39, 0.29) is 11.8 Å². The van der Waals surface area contributed by atoms with Crippen molar-refractivity contribution >= 4 is 23.2 Å². The van der Waals surface area contributed by atoms with Gasteiger partial charge in [0.2, 0.25) is 11.8 Å². The molecule has 0 unspecified atom stereocenters. The number of hydrogen-bond acceptors (Lipinski definition) is 4. The Hall–Kier alpha value is -2.24. The molecule has 0 aliphatic carbocycles. The average Bonchev–Trinajstić information content (AvgIpc) is 2.45. The molecule has 4 N–H and O–H groups in total. The van der Waals surface area contributed by atoms with Crippen molar-refractivity contribution < 1.29 is 14.3 Å². The number of anilines is 2. The third-order valence-corrected chi connectivity index (χ3v) is 2.89. The Morgan fingerprint density at radius 2 is 1.95 bits per heavy atom. The largest absolute Gasteiger partial charge is 0.495 e. The molecule has 2 amide bonds. The van der Waals surface area contributed by atoms with E-state index in [1.165, 1.54) is 7.11 Å². The number of carbonyl (C=O) groups excluding carboxylic acids is 2. The van der Waals surface area contributed by atoms with Gasteiger partial charge in [-0.05, 0) is 31.0 Å². The molecule has 0 aliphatic rings. The van der Waals surface area contributed by atoms with Crippen molar-refractivity contribution in [2.24, 2.45) is 0 Å². The van der Waals surface area contributed by atoms with Gasteiger partial charge in [-0.15, -0.1) is 0 Å². The lowest BCUT2D eigenvalue weighted by molar-refractivity contribution is -0.121. The summed E-state index contributed by atoms with van der Waals surface area (Å²) in [7, 11) is 1.54. The summed E-state index contributed by atoms with van der Waals surface area (Å²) in [6.45, 7) is 2.67. The van der Waals surface area contributed by atoms with Gasteiger partial charge in [-0.1, -0.05) is 6.92 Å². The van der Waals surface area contributed by atoms with E-state index in [2.05, 4.69) is 10.6 Å². The van der Waals surface area contributed by atoms with Crippen molar-refractivity contribution in [3.63, 3.8) is 0 Å². The minimum absolute atomic E-state index is 0.0154. The topological polar surface area (TPSA) is 93.5 Å². The molecular weight excluding hydrogens is 270 g/mol. The zero-order valence-corrected chi connectivity index (χ0v) is 12.6. The van der Waals surface area contributed by atoms with Crippen LogP contribution in [0.15, 0.2) is 18.2 Å². The van der Waals surface area contributed by atoms with Crippen molar-refractivity contribution in [1.82, 2.24) is 5.32 Å². The van der Waals surface area contributed by atoms with Crippen molar-refractivity contribution in [2.75, 3.05) is 24.7 Å². The molecule has 0 saturated carbocycles. The molecule has 0 spiro atoms. The predicted octanol–water partition coefficient (Wildman–Crippen LogP) is 1.91. The SMILES string of the molecule is CCCNC(=O)CCCC(=O)Nc1ccc(OC)c(N)c1. The number of nitrogens with one attached hydrogen (secondary N) is 2. The maximum Gasteiger partial charge on any atom is 0.224 e. The molecular formula is C15H23N3O3. The molecule has 6 heteroatoms. The Balaban J connectivity index is 2.34. The van der Waals surface area contributed by atoms with Crippen LogP contribution in [-0.4, -0.2) is 25.5 Å². The molecule has 6 nitrogen and oxygen atoms in total. The lowest BCUT2D eigenvalue weighted by Gasteiger charge is -2.09. The number of benzene rings is 1. The van der Waals surface area contributed by atoms with E-state index in [1.54, 1.807) is 18.2 Å². The predicted molar refractivity (Wildman–Crippen MR) is 83.2 cm³/mol. The third-order valence-electron chi connectivity index (χ3n) is 2.89. The van der Waals surface area contributed by atoms with Gasteiger partial charge >= 0.3 is 0 Å². The quantitative estimate of drug-likeness (QED) is 0.638. The number of methoxy groups -OCH3 is 1. The standard InChI is InChI=1S/C15H23N3O3/c1-3-9-17-14(19)5-4-6-15(20)18-11-7-8-13(21-2)12(16)10-11/h7-8,10H,3-6,9,16H2,1-2H3,(H,17,19)(H,18,20). The van der Waals surface area contributed by atoms with Crippen molar-refractivity contribution in [3.8, 4) is 5.75 Å². The lowest BCUT2D eigenvalue weighted by Crippen LogP contribution is -2.24. The second-order valence-corrected chi connectivity index (χ2v) is 4.71. The third kappa shape index (κ3) is 6.16. The van der Waals surface area contributed by atoms with E-state index in [4.69, 9.17) is 10.5 Å². The zero-order chi connectivity index (χ0) is 15.7. The van der Waals surface area contributed by atoms with Crippen molar-refractivity contribution in [1.29, 1.82) is 0 Å². The molecule has 0 radical (unpaired) electrons. The van der Waals surface area contributed by atoms with E-state index in [1.807, 2.05) is 6.92 Å². The minimum Gasteiger partial charge on any atom is -0.495 e. The molecule has 0 atom stereocenters. The first-order chi connectivity index (χ1) is 10.1. The highest BCUT2D eigenvalue weighted by atomic mass is 16.5. The van der Waals surface area contributed by atoms with Crippen LogP contribution in [0.4, 0.5) is 11.4 Å². The normalized spacial score (nSPS) is 10.0. The van der Waals surface area contributed by atoms with Gasteiger partial charge < -0.3 is 21.1 Å². The van der Waals surface area contributed by atoms with E-state index in [0.29, 0.717) is 42.9 Å². The molecule has 0 heterocycles. The molecule has 0 saturated heterocycles. The van der Waals surface area contributed by atoms with E-state index in [0.717, 1.165) is 6.42 Å². The molecule has 1 aromatic rings. The van der Waals surface area contributed by atoms with Crippen molar-refractivity contribution in [3.05, 3.63) is 18.2 Å². The zero-order valence-electron chi connectivity index (χ0n) is 12.6. The number of amides is 2. The fourth-order valence-corrected chi connectivity index (χ4v) is 1.80. The van der Waals surface area contributed by atoms with Crippen LogP contribution in [-0.2, 0) is 9.59 Å². The Bertz CT molecular complexity index is 489. The first-order valence-corrected chi connectivity index (χ1v) is 7.07. The van der Waals surface area contributed by atoms with Gasteiger partial charge in [0.25, 0.3) is 0 Å². The van der Waals surface area contributed by atoms with E-state index < -0.39 is 0 Å². The Morgan fingerprint density at radius 1 is 1.24 bits per heavy atom. The number of hydrogen-bond donors (Lipinski definition) is 3. The Morgan fingerprint density at radius 3 is 2.57 bits per heavy atom. The van der Waals surface area contributed by atoms with Gasteiger partial charge in [-0.2, -0.15) is 0 Å². The average molecular weight is 293 g/mol. The van der Waals surface area contributed by atoms with Gasteiger partial charge in [0.15, 0.2) is 0 Å². The van der Waals surface area contributed by atoms with Crippen LogP contribution in [0.2, 0.25) is 0 Å². The number of nitrogens with two attached hydrogens (primary N) is 1. The van der Waals surface area contributed by atoms with Gasteiger partial charge in [0.05, 0.1) is 12.8 Å². The van der Waals surface area contributed by atoms with Gasteiger partial charge in [-0.25, -0.2) is 0 Å². The fraction of sp³-hybridized carbons (Fsp3) is 0.467. The van der Waals surface area contributed by atoms with Gasteiger partial charge in [0, 0.05) is 25.1 Å². The monoisotopic (exact) mass is 293 g/mol. The highest BCUT2D eigenvalue weighted by Gasteiger charge is 2.07. The summed E-state index contributed by atoms with van der Waals surface area (Å²) in [5.74, 6) is 0.418. The highest BCUT2D eigenvalue weighted by Crippen LogP contribution is 2.24. The summed E-state index contributed by atoms with van der Waals surface area (Å²) in [5.41, 5.74) is 6.85. The van der Waals surface area contributed by atoms with Crippen LogP contribution in [0, 0.1) is 0 Å². The van der Waals surface area contributed by atoms with Gasteiger partial charge in [-0.3, -0.25) is 9.59 Å². The first-order valence-electron chi connectivity index (χ1n) is 7.07. The fourth-order valence-electron chi connectivity index (χ4n) is 1.80. The molecule has 21 heavy (non-hydrogen) atoms. The van der Waals surface area contributed by atoms with Crippen molar-refractivity contribution in [2.45, 2.75) is 32.6 Å². The Labute approximate surface area is 125 Å². The summed E-state index contributed by atoms with van der Waals surface area (Å²) in [4.78, 5) is 23.1. The first kappa shape index (κ1) is 16.8.